The molecule has 0 saturated carbocycles. The van der Waals surface area contributed by atoms with Crippen molar-refractivity contribution in [1.82, 2.24) is 0 Å². The van der Waals surface area contributed by atoms with Crippen molar-refractivity contribution >= 4 is 5.78 Å². The van der Waals surface area contributed by atoms with Gasteiger partial charge in [0.25, 0.3) is 0 Å². The fourth-order valence-corrected chi connectivity index (χ4v) is 2.27. The molecule has 0 N–H and O–H groups in total. The summed E-state index contributed by atoms with van der Waals surface area (Å²) in [6.45, 7) is 0.604. The van der Waals surface area contributed by atoms with Gasteiger partial charge in [0.05, 0.1) is 13.2 Å². The number of nitriles is 1. The molecule has 1 aromatic carbocycles. The van der Waals surface area contributed by atoms with E-state index in [1.54, 1.807) is 31.4 Å². The van der Waals surface area contributed by atoms with Crippen LogP contribution in [-0.2, 0) is 9.53 Å². The monoisotopic (exact) mass is 259 g/mol. The summed E-state index contributed by atoms with van der Waals surface area (Å²) in [5.41, 5.74) is 0.668. The van der Waals surface area contributed by atoms with Crippen LogP contribution in [0.2, 0.25) is 0 Å². The lowest BCUT2D eigenvalue weighted by molar-refractivity contribution is -0.133. The Hall–Kier alpha value is -1.86. The Morgan fingerprint density at radius 2 is 2.37 bits per heavy atom. The van der Waals surface area contributed by atoms with Gasteiger partial charge in [0, 0.05) is 6.61 Å². The van der Waals surface area contributed by atoms with Crippen molar-refractivity contribution in [3.63, 3.8) is 0 Å². The third-order valence-corrected chi connectivity index (χ3v) is 3.34. The summed E-state index contributed by atoms with van der Waals surface area (Å²) in [5, 5.41) is 9.28. The summed E-state index contributed by atoms with van der Waals surface area (Å²) in [5.74, 6) is -0.274. The van der Waals surface area contributed by atoms with E-state index in [-0.39, 0.29) is 5.78 Å². The van der Waals surface area contributed by atoms with E-state index in [0.29, 0.717) is 24.3 Å². The summed E-state index contributed by atoms with van der Waals surface area (Å²) in [4.78, 5) is 12.3. The van der Waals surface area contributed by atoms with Crippen LogP contribution in [0.5, 0.6) is 5.75 Å². The first-order chi connectivity index (χ1) is 9.26. The van der Waals surface area contributed by atoms with E-state index in [9.17, 15) is 10.1 Å². The minimum atomic E-state index is -0.779. The predicted octanol–water partition coefficient (Wildman–Crippen LogP) is 2.44. The van der Waals surface area contributed by atoms with Crippen LogP contribution in [0.4, 0.5) is 0 Å². The normalized spacial score (nSPS) is 20.3. The van der Waals surface area contributed by atoms with Gasteiger partial charge in [0.2, 0.25) is 0 Å². The van der Waals surface area contributed by atoms with Gasteiger partial charge < -0.3 is 9.47 Å². The molecule has 1 aliphatic heterocycles. The highest BCUT2D eigenvalue weighted by atomic mass is 16.5. The average Bonchev–Trinajstić information content (AvgIpc) is 2.49. The van der Waals surface area contributed by atoms with Crippen molar-refractivity contribution in [2.45, 2.75) is 31.3 Å². The van der Waals surface area contributed by atoms with E-state index >= 15 is 0 Å². The van der Waals surface area contributed by atoms with Crippen LogP contribution >= 0.6 is 0 Å². The second kappa shape index (κ2) is 6.35. The van der Waals surface area contributed by atoms with E-state index in [1.165, 1.54) is 0 Å². The third-order valence-electron chi connectivity index (χ3n) is 3.34. The molecule has 1 fully saturated rings. The molecule has 2 atom stereocenters. The van der Waals surface area contributed by atoms with Crippen LogP contribution < -0.4 is 4.74 Å². The van der Waals surface area contributed by atoms with Crippen molar-refractivity contribution in [3.8, 4) is 11.8 Å². The quantitative estimate of drug-likeness (QED) is 0.833. The Morgan fingerprint density at radius 1 is 1.53 bits per heavy atom. The number of carbonyl (C=O) groups is 1. The molecule has 4 nitrogen and oxygen atoms in total. The Balaban J connectivity index is 2.18. The topological polar surface area (TPSA) is 59.3 Å². The molecule has 1 saturated heterocycles. The van der Waals surface area contributed by atoms with E-state index in [2.05, 4.69) is 6.07 Å². The van der Waals surface area contributed by atoms with Gasteiger partial charge in [-0.15, -0.1) is 0 Å². The summed E-state index contributed by atoms with van der Waals surface area (Å²) in [7, 11) is 1.56. The number of Topliss-reactive ketones (excluding diaryl/α,β-unsaturated/α-hetero) is 1. The zero-order valence-electron chi connectivity index (χ0n) is 11.0. The van der Waals surface area contributed by atoms with Crippen molar-refractivity contribution in [2.24, 2.45) is 0 Å². The van der Waals surface area contributed by atoms with Crippen molar-refractivity contribution in [1.29, 1.82) is 5.26 Å². The van der Waals surface area contributed by atoms with E-state index in [1.807, 2.05) is 0 Å². The second-order valence-electron chi connectivity index (χ2n) is 4.60. The minimum absolute atomic E-state index is 0.143. The van der Waals surface area contributed by atoms with E-state index in [0.717, 1.165) is 12.8 Å². The predicted molar refractivity (Wildman–Crippen MR) is 69.9 cm³/mol. The first kappa shape index (κ1) is 13.6. The minimum Gasteiger partial charge on any atom is -0.497 e. The number of ketones is 1. The SMILES string of the molecule is COc1cccc(C(C#N)C(=O)C2CCCCO2)c1. The van der Waals surface area contributed by atoms with Crippen molar-refractivity contribution in [2.75, 3.05) is 13.7 Å². The first-order valence-electron chi connectivity index (χ1n) is 6.45. The smallest absolute Gasteiger partial charge is 0.183 e. The van der Waals surface area contributed by atoms with Crippen LogP contribution in [-0.4, -0.2) is 25.6 Å². The first-order valence-corrected chi connectivity index (χ1v) is 6.45. The number of hydrogen-bond acceptors (Lipinski definition) is 4. The molecule has 0 radical (unpaired) electrons. The maximum atomic E-state index is 12.3. The van der Waals surface area contributed by atoms with Crippen LogP contribution in [0.25, 0.3) is 0 Å². The number of hydrogen-bond donors (Lipinski definition) is 0. The van der Waals surface area contributed by atoms with Gasteiger partial charge in [-0.05, 0) is 37.0 Å². The molecule has 0 spiro atoms. The summed E-state index contributed by atoms with van der Waals surface area (Å²) < 4.78 is 10.6. The van der Waals surface area contributed by atoms with E-state index in [4.69, 9.17) is 9.47 Å². The van der Waals surface area contributed by atoms with Gasteiger partial charge in [-0.25, -0.2) is 0 Å². The van der Waals surface area contributed by atoms with Crippen molar-refractivity contribution < 1.29 is 14.3 Å². The van der Waals surface area contributed by atoms with Gasteiger partial charge in [-0.1, -0.05) is 12.1 Å². The highest BCUT2D eigenvalue weighted by molar-refractivity contribution is 5.92. The molecule has 0 aliphatic carbocycles. The summed E-state index contributed by atoms with van der Waals surface area (Å²) >= 11 is 0. The van der Waals surface area contributed by atoms with Crippen LogP contribution in [0.1, 0.15) is 30.7 Å². The van der Waals surface area contributed by atoms with Crippen molar-refractivity contribution in [3.05, 3.63) is 29.8 Å². The number of ether oxygens (including phenoxy) is 2. The molecule has 4 heteroatoms. The maximum absolute atomic E-state index is 12.3. The fourth-order valence-electron chi connectivity index (χ4n) is 2.27. The molecule has 1 heterocycles. The lowest BCUT2D eigenvalue weighted by Gasteiger charge is -2.23. The fraction of sp³-hybridized carbons (Fsp3) is 0.467. The lowest BCUT2D eigenvalue weighted by Crippen LogP contribution is -2.32. The number of benzene rings is 1. The van der Waals surface area contributed by atoms with Crippen LogP contribution in [0, 0.1) is 11.3 Å². The Labute approximate surface area is 112 Å². The van der Waals surface area contributed by atoms with Crippen LogP contribution in [0.3, 0.4) is 0 Å². The molecule has 1 aromatic rings. The average molecular weight is 259 g/mol. The molecular formula is C15H17NO3. The molecule has 2 unspecified atom stereocenters. The highest BCUT2D eigenvalue weighted by Gasteiger charge is 2.30. The Morgan fingerprint density at radius 3 is 3.00 bits per heavy atom. The van der Waals surface area contributed by atoms with Gasteiger partial charge in [-0.3, -0.25) is 4.79 Å². The number of rotatable bonds is 4. The lowest BCUT2D eigenvalue weighted by atomic mass is 9.90. The standard InChI is InChI=1S/C15H17NO3/c1-18-12-6-4-5-11(9-12)13(10-16)15(17)14-7-2-3-8-19-14/h4-6,9,13-14H,2-3,7-8H2,1H3. The molecule has 0 aromatic heterocycles. The number of carbonyl (C=O) groups excluding carboxylic acids is 1. The second-order valence-corrected chi connectivity index (χ2v) is 4.60. The summed E-state index contributed by atoms with van der Waals surface area (Å²) in [6, 6.07) is 9.16. The highest BCUT2D eigenvalue weighted by Crippen LogP contribution is 2.25. The number of nitrogens with zero attached hydrogens (tertiary/aromatic N) is 1. The van der Waals surface area contributed by atoms with Gasteiger partial charge in [-0.2, -0.15) is 5.26 Å². The molecular weight excluding hydrogens is 242 g/mol. The third kappa shape index (κ3) is 3.12. The van der Waals surface area contributed by atoms with Crippen LogP contribution in [0.15, 0.2) is 24.3 Å². The largest absolute Gasteiger partial charge is 0.497 e. The zero-order chi connectivity index (χ0) is 13.7. The maximum Gasteiger partial charge on any atom is 0.183 e. The van der Waals surface area contributed by atoms with Gasteiger partial charge in [0.15, 0.2) is 5.78 Å². The van der Waals surface area contributed by atoms with Gasteiger partial charge in [0.1, 0.15) is 17.8 Å². The van der Waals surface area contributed by atoms with Gasteiger partial charge >= 0.3 is 0 Å². The summed E-state index contributed by atoms with van der Waals surface area (Å²) in [6.07, 6.45) is 2.23. The molecule has 2 rings (SSSR count). The Bertz CT molecular complexity index is 486. The van der Waals surface area contributed by atoms with E-state index < -0.39 is 12.0 Å². The zero-order valence-corrected chi connectivity index (χ0v) is 11.0. The molecule has 0 amide bonds. The molecule has 19 heavy (non-hydrogen) atoms. The Kier molecular flexibility index (Phi) is 4.53. The molecule has 0 bridgehead atoms. The number of methoxy groups -OCH3 is 1. The molecule has 1 aliphatic rings. The molecule has 100 valence electrons.